The largest absolute Gasteiger partial charge is 0.339 e. The van der Waals surface area contributed by atoms with E-state index in [0.29, 0.717) is 0 Å². The molecule has 1 aromatic carbocycles. The molecule has 0 atom stereocenters. The number of aryl methyl sites for hydroxylation is 2. The van der Waals surface area contributed by atoms with Crippen molar-refractivity contribution in [2.75, 3.05) is 13.1 Å². The molecule has 2 N–H and O–H groups in total. The molecule has 0 spiro atoms. The first kappa shape index (κ1) is 18.5. The molecule has 0 bridgehead atoms. The van der Waals surface area contributed by atoms with Crippen molar-refractivity contribution >= 4 is 18.3 Å². The third-order valence-electron chi connectivity index (χ3n) is 4.46. The summed E-state index contributed by atoms with van der Waals surface area (Å²) in [5.74, 6) is 0.106. The molecule has 1 aliphatic heterocycles. The highest BCUT2D eigenvalue weighted by Crippen LogP contribution is 2.14. The monoisotopic (exact) mass is 348 g/mol. The molecule has 2 aromatic rings. The molecule has 2 heterocycles. The zero-order valence-electron chi connectivity index (χ0n) is 14.2. The van der Waals surface area contributed by atoms with E-state index < -0.39 is 0 Å². The molecule has 1 fully saturated rings. The summed E-state index contributed by atoms with van der Waals surface area (Å²) in [6.07, 6.45) is 1.78. The first-order valence-electron chi connectivity index (χ1n) is 8.18. The first-order chi connectivity index (χ1) is 11.0. The lowest BCUT2D eigenvalue weighted by Crippen LogP contribution is -2.42. The number of likely N-dealkylation sites (tertiary alicyclic amines) is 1. The van der Waals surface area contributed by atoms with Gasteiger partial charge in [0.25, 0.3) is 5.91 Å². The maximum atomic E-state index is 12.5. The van der Waals surface area contributed by atoms with Crippen molar-refractivity contribution in [3.05, 3.63) is 52.8 Å². The summed E-state index contributed by atoms with van der Waals surface area (Å²) >= 11 is 0. The Morgan fingerprint density at radius 1 is 1.21 bits per heavy atom. The van der Waals surface area contributed by atoms with Gasteiger partial charge in [0.15, 0.2) is 0 Å². The summed E-state index contributed by atoms with van der Waals surface area (Å²) in [7, 11) is 0. The molecule has 130 valence electrons. The van der Waals surface area contributed by atoms with Crippen LogP contribution in [-0.4, -0.2) is 39.7 Å². The Kier molecular flexibility index (Phi) is 6.02. The molecule has 1 amide bonds. The fourth-order valence-electron chi connectivity index (χ4n) is 3.05. The van der Waals surface area contributed by atoms with E-state index in [9.17, 15) is 4.79 Å². The van der Waals surface area contributed by atoms with E-state index in [2.05, 4.69) is 18.1 Å². The summed E-state index contributed by atoms with van der Waals surface area (Å²) < 4.78 is 1.98. The van der Waals surface area contributed by atoms with Crippen LogP contribution in [0.3, 0.4) is 0 Å². The SMILES string of the molecule is Cc1cc(C)n(Cc2ccc(C(=O)N3CCC(N)CC3)cc2)n1.Cl. The summed E-state index contributed by atoms with van der Waals surface area (Å²) in [6, 6.07) is 10.2. The van der Waals surface area contributed by atoms with Crippen LogP contribution in [0.15, 0.2) is 30.3 Å². The molecule has 3 rings (SSSR count). The third-order valence-corrected chi connectivity index (χ3v) is 4.46. The second-order valence-electron chi connectivity index (χ2n) is 6.41. The quantitative estimate of drug-likeness (QED) is 0.927. The van der Waals surface area contributed by atoms with Crippen LogP contribution in [0.5, 0.6) is 0 Å². The van der Waals surface area contributed by atoms with Crippen molar-refractivity contribution in [3.63, 3.8) is 0 Å². The van der Waals surface area contributed by atoms with Gasteiger partial charge in [-0.1, -0.05) is 12.1 Å². The van der Waals surface area contributed by atoms with Crippen molar-refractivity contribution in [2.24, 2.45) is 5.73 Å². The third kappa shape index (κ3) is 4.16. The van der Waals surface area contributed by atoms with E-state index in [1.165, 1.54) is 0 Å². The van der Waals surface area contributed by atoms with Crippen LogP contribution in [0.25, 0.3) is 0 Å². The zero-order chi connectivity index (χ0) is 16.4. The number of amides is 1. The van der Waals surface area contributed by atoms with E-state index in [4.69, 9.17) is 5.73 Å². The lowest BCUT2D eigenvalue weighted by molar-refractivity contribution is 0.0715. The van der Waals surface area contributed by atoms with Crippen molar-refractivity contribution in [3.8, 4) is 0 Å². The van der Waals surface area contributed by atoms with Crippen LogP contribution >= 0.6 is 12.4 Å². The van der Waals surface area contributed by atoms with E-state index in [1.807, 2.05) is 40.8 Å². The lowest BCUT2D eigenvalue weighted by atomic mass is 10.0. The molecular formula is C18H25ClN4O. The van der Waals surface area contributed by atoms with Gasteiger partial charge in [0.1, 0.15) is 0 Å². The van der Waals surface area contributed by atoms with Crippen molar-refractivity contribution < 1.29 is 4.79 Å². The molecule has 6 heteroatoms. The number of carbonyl (C=O) groups is 1. The van der Waals surface area contributed by atoms with Gasteiger partial charge in [-0.05, 0) is 50.5 Å². The van der Waals surface area contributed by atoms with Gasteiger partial charge in [0.2, 0.25) is 0 Å². The number of halogens is 1. The number of nitrogens with two attached hydrogens (primary N) is 1. The maximum Gasteiger partial charge on any atom is 0.253 e. The summed E-state index contributed by atoms with van der Waals surface area (Å²) in [4.78, 5) is 14.4. The topological polar surface area (TPSA) is 64.2 Å². The van der Waals surface area contributed by atoms with E-state index >= 15 is 0 Å². The van der Waals surface area contributed by atoms with Crippen LogP contribution in [0, 0.1) is 13.8 Å². The van der Waals surface area contributed by atoms with Gasteiger partial charge in [0, 0.05) is 30.4 Å². The zero-order valence-corrected chi connectivity index (χ0v) is 15.1. The molecule has 0 radical (unpaired) electrons. The molecule has 1 aromatic heterocycles. The van der Waals surface area contributed by atoms with Gasteiger partial charge in [-0.3, -0.25) is 9.48 Å². The minimum absolute atomic E-state index is 0. The van der Waals surface area contributed by atoms with E-state index in [1.54, 1.807) is 0 Å². The normalized spacial score (nSPS) is 15.2. The predicted octanol–water partition coefficient (Wildman–Crippen LogP) is 2.53. The van der Waals surface area contributed by atoms with Crippen LogP contribution < -0.4 is 5.73 Å². The average molecular weight is 349 g/mol. The Hall–Kier alpha value is -1.85. The van der Waals surface area contributed by atoms with E-state index in [0.717, 1.165) is 55.0 Å². The average Bonchev–Trinajstić information content (AvgIpc) is 2.86. The molecule has 0 aliphatic carbocycles. The molecule has 24 heavy (non-hydrogen) atoms. The number of piperidine rings is 1. The second-order valence-corrected chi connectivity index (χ2v) is 6.41. The van der Waals surface area contributed by atoms with Crippen molar-refractivity contribution in [1.29, 1.82) is 0 Å². The smallest absolute Gasteiger partial charge is 0.253 e. The highest BCUT2D eigenvalue weighted by Gasteiger charge is 2.21. The van der Waals surface area contributed by atoms with Crippen LogP contribution in [-0.2, 0) is 6.54 Å². The first-order valence-corrected chi connectivity index (χ1v) is 8.18. The number of rotatable bonds is 3. The predicted molar refractivity (Wildman–Crippen MR) is 97.6 cm³/mol. The van der Waals surface area contributed by atoms with Crippen LogP contribution in [0.2, 0.25) is 0 Å². The number of carbonyl (C=O) groups excluding carboxylic acids is 1. The standard InChI is InChI=1S/C18H24N4O.ClH/c1-13-11-14(2)22(20-13)12-15-3-5-16(6-4-15)18(23)21-9-7-17(19)8-10-21;/h3-6,11,17H,7-10,12,19H2,1-2H3;1H. The Bertz CT molecular complexity index is 688. The Labute approximate surface area is 149 Å². The van der Waals surface area contributed by atoms with Gasteiger partial charge in [-0.25, -0.2) is 0 Å². The van der Waals surface area contributed by atoms with Crippen molar-refractivity contribution in [2.45, 2.75) is 39.3 Å². The molecule has 1 aliphatic rings. The number of benzene rings is 1. The molecular weight excluding hydrogens is 324 g/mol. The maximum absolute atomic E-state index is 12.5. The fraction of sp³-hybridized carbons (Fsp3) is 0.444. The lowest BCUT2D eigenvalue weighted by Gasteiger charge is -2.30. The minimum atomic E-state index is 0. The second kappa shape index (κ2) is 7.81. The highest BCUT2D eigenvalue weighted by atomic mass is 35.5. The fourth-order valence-corrected chi connectivity index (χ4v) is 3.05. The Balaban J connectivity index is 0.00000208. The van der Waals surface area contributed by atoms with Crippen molar-refractivity contribution in [1.82, 2.24) is 14.7 Å². The molecule has 5 nitrogen and oxygen atoms in total. The summed E-state index contributed by atoms with van der Waals surface area (Å²) in [6.45, 7) is 6.29. The number of hydrogen-bond acceptors (Lipinski definition) is 3. The Morgan fingerprint density at radius 3 is 2.38 bits per heavy atom. The Morgan fingerprint density at radius 2 is 1.83 bits per heavy atom. The summed E-state index contributed by atoms with van der Waals surface area (Å²) in [5.41, 5.74) is 9.96. The van der Waals surface area contributed by atoms with Gasteiger partial charge in [0.05, 0.1) is 12.2 Å². The van der Waals surface area contributed by atoms with Crippen LogP contribution in [0.1, 0.15) is 40.2 Å². The van der Waals surface area contributed by atoms with Gasteiger partial charge >= 0.3 is 0 Å². The number of hydrogen-bond donors (Lipinski definition) is 1. The minimum Gasteiger partial charge on any atom is -0.339 e. The van der Waals surface area contributed by atoms with Gasteiger partial charge in [-0.2, -0.15) is 5.10 Å². The number of aromatic nitrogens is 2. The highest BCUT2D eigenvalue weighted by molar-refractivity contribution is 5.94. The van der Waals surface area contributed by atoms with Crippen LogP contribution in [0.4, 0.5) is 0 Å². The molecule has 1 saturated heterocycles. The van der Waals surface area contributed by atoms with Gasteiger partial charge in [-0.15, -0.1) is 12.4 Å². The molecule has 0 unspecified atom stereocenters. The molecule has 0 saturated carbocycles. The van der Waals surface area contributed by atoms with Gasteiger partial charge < -0.3 is 10.6 Å². The summed E-state index contributed by atoms with van der Waals surface area (Å²) in [5, 5.41) is 4.47. The van der Waals surface area contributed by atoms with E-state index in [-0.39, 0.29) is 24.4 Å². The number of nitrogens with zero attached hydrogens (tertiary/aromatic N) is 3.